The molecule has 10 nitrogen and oxygen atoms in total. The molecule has 16 heteroatoms. The number of likely N-dealkylation sites (tertiary alicyclic amines) is 1. The Balaban J connectivity index is 0.000000317. The van der Waals surface area contributed by atoms with E-state index in [-0.39, 0.29) is 5.60 Å². The van der Waals surface area contributed by atoms with Crippen molar-refractivity contribution in [3.05, 3.63) is 48.5 Å². The lowest BCUT2D eigenvalue weighted by atomic mass is 9.88. The van der Waals surface area contributed by atoms with E-state index in [1.807, 2.05) is 24.5 Å². The number of hydrogen-bond donors (Lipinski definition) is 2. The molecule has 2 atom stereocenters. The first-order chi connectivity index (χ1) is 18.1. The molecule has 0 radical (unpaired) electrons. The number of aliphatic carboxylic acids is 2. The van der Waals surface area contributed by atoms with E-state index >= 15 is 0 Å². The van der Waals surface area contributed by atoms with Gasteiger partial charge in [0.05, 0.1) is 18.2 Å². The molecule has 0 aromatic carbocycles. The number of pyridine rings is 1. The summed E-state index contributed by atoms with van der Waals surface area (Å²) in [5.41, 5.74) is 1.23. The summed E-state index contributed by atoms with van der Waals surface area (Å²) in [4.78, 5) is 35.4. The van der Waals surface area contributed by atoms with Crippen molar-refractivity contribution < 1.29 is 50.9 Å². The number of nitrogens with zero attached hydrogens (tertiary/aromatic N) is 5. The van der Waals surface area contributed by atoms with Crippen LogP contribution in [0.25, 0.3) is 0 Å². The second kappa shape index (κ2) is 13.5. The lowest BCUT2D eigenvalue weighted by Crippen LogP contribution is -2.48. The Morgan fingerprint density at radius 3 is 2.18 bits per heavy atom. The molecule has 39 heavy (non-hydrogen) atoms. The fourth-order valence-corrected chi connectivity index (χ4v) is 4.07. The molecule has 4 rings (SSSR count). The van der Waals surface area contributed by atoms with Crippen LogP contribution in [0.2, 0.25) is 0 Å². The van der Waals surface area contributed by atoms with Crippen molar-refractivity contribution >= 4 is 17.9 Å². The zero-order valence-electron chi connectivity index (χ0n) is 20.7. The molecule has 0 amide bonds. The van der Waals surface area contributed by atoms with Gasteiger partial charge in [0.2, 0.25) is 5.95 Å². The maximum absolute atomic E-state index is 10.6. The third-order valence-corrected chi connectivity index (χ3v) is 5.84. The van der Waals surface area contributed by atoms with Crippen LogP contribution in [0.5, 0.6) is 0 Å². The fraction of sp³-hybridized carbons (Fsp3) is 0.522. The van der Waals surface area contributed by atoms with E-state index in [0.717, 1.165) is 45.0 Å². The smallest absolute Gasteiger partial charge is 0.475 e. The highest BCUT2D eigenvalue weighted by Crippen LogP contribution is 2.37. The van der Waals surface area contributed by atoms with Gasteiger partial charge in [-0.15, -0.1) is 0 Å². The van der Waals surface area contributed by atoms with E-state index in [4.69, 9.17) is 24.5 Å². The Bertz CT molecular complexity index is 1040. The molecule has 1 spiro atoms. The number of likely N-dealkylation sites (N-methyl/N-ethyl adjacent to an activating group) is 1. The summed E-state index contributed by atoms with van der Waals surface area (Å²) in [5, 5.41) is 14.2. The predicted octanol–water partition coefficient (Wildman–Crippen LogP) is 3.40. The van der Waals surface area contributed by atoms with Gasteiger partial charge in [0.25, 0.3) is 0 Å². The van der Waals surface area contributed by atoms with Gasteiger partial charge < -0.3 is 19.8 Å². The van der Waals surface area contributed by atoms with Crippen molar-refractivity contribution in [1.29, 1.82) is 0 Å². The maximum Gasteiger partial charge on any atom is 0.490 e. The van der Waals surface area contributed by atoms with Crippen molar-refractivity contribution in [2.75, 3.05) is 31.6 Å². The summed E-state index contributed by atoms with van der Waals surface area (Å²) in [6.45, 7) is 3.81. The Labute approximate surface area is 219 Å². The van der Waals surface area contributed by atoms with Crippen molar-refractivity contribution in [3.63, 3.8) is 0 Å². The number of carboxylic acid groups (broad SMARTS) is 2. The van der Waals surface area contributed by atoms with Gasteiger partial charge in [-0.05, 0) is 37.1 Å². The van der Waals surface area contributed by atoms with Crippen LogP contribution in [-0.4, -0.2) is 92.7 Å². The molecule has 2 N–H and O–H groups in total. The van der Waals surface area contributed by atoms with Gasteiger partial charge >= 0.3 is 24.3 Å². The Hall–Kier alpha value is -3.53. The third kappa shape index (κ3) is 10.3. The number of rotatable bonds is 4. The zero-order chi connectivity index (χ0) is 29.3. The Kier molecular flexibility index (Phi) is 11.0. The number of anilines is 1. The molecule has 2 aromatic rings. The molecule has 2 aliphatic rings. The van der Waals surface area contributed by atoms with E-state index in [2.05, 4.69) is 37.9 Å². The highest BCUT2D eigenvalue weighted by molar-refractivity contribution is 5.73. The number of ether oxygens (including phenoxy) is 1. The second-order valence-corrected chi connectivity index (χ2v) is 8.79. The molecule has 2 aliphatic heterocycles. The van der Waals surface area contributed by atoms with Crippen molar-refractivity contribution in [3.8, 4) is 0 Å². The number of aromatic nitrogens is 3. The van der Waals surface area contributed by atoms with E-state index in [0.29, 0.717) is 6.04 Å². The minimum Gasteiger partial charge on any atom is -0.475 e. The fourth-order valence-electron chi connectivity index (χ4n) is 4.07. The third-order valence-electron chi connectivity index (χ3n) is 5.84. The Morgan fingerprint density at radius 1 is 1.08 bits per heavy atom. The summed E-state index contributed by atoms with van der Waals surface area (Å²) < 4.78 is 69.8. The highest BCUT2D eigenvalue weighted by atomic mass is 19.4. The molecular formula is C23H27F6N5O5. The van der Waals surface area contributed by atoms with Crippen LogP contribution < -0.4 is 4.90 Å². The molecule has 2 saturated heterocycles. The quantitative estimate of drug-likeness (QED) is 0.531. The van der Waals surface area contributed by atoms with Crippen LogP contribution in [0, 0.1) is 0 Å². The van der Waals surface area contributed by atoms with Crippen molar-refractivity contribution in [2.45, 2.75) is 49.8 Å². The average Bonchev–Trinajstić information content (AvgIpc) is 3.27. The standard InChI is InChI=1S/C19H25N5O.2C2HF3O2/c1-23(18-21-8-4-9-22-18)17-11-19(25-14-17)6-3-10-24(15-19)13-16-5-2-7-20-12-16;2*3-2(4,5)1(6)7/h2,4-5,7-9,12,17H,3,6,10-11,13-15H2,1H3;2*(H,6,7). The van der Waals surface area contributed by atoms with Crippen molar-refractivity contribution in [1.82, 2.24) is 19.9 Å². The number of carbonyl (C=O) groups is 2. The van der Waals surface area contributed by atoms with E-state index in [1.54, 1.807) is 12.4 Å². The number of carboxylic acids is 2. The summed E-state index contributed by atoms with van der Waals surface area (Å²) in [7, 11) is 2.07. The van der Waals surface area contributed by atoms with Gasteiger partial charge in [-0.25, -0.2) is 19.6 Å². The average molecular weight is 567 g/mol. The predicted molar refractivity (Wildman–Crippen MR) is 124 cm³/mol. The highest BCUT2D eigenvalue weighted by Gasteiger charge is 2.45. The lowest BCUT2D eigenvalue weighted by Gasteiger charge is -2.40. The van der Waals surface area contributed by atoms with Gasteiger partial charge in [0.1, 0.15) is 0 Å². The first-order valence-electron chi connectivity index (χ1n) is 11.5. The largest absolute Gasteiger partial charge is 0.490 e. The summed E-state index contributed by atoms with van der Waals surface area (Å²) >= 11 is 0. The van der Waals surface area contributed by atoms with Gasteiger partial charge in [-0.3, -0.25) is 9.88 Å². The first kappa shape index (κ1) is 31.7. The van der Waals surface area contributed by atoms with Gasteiger partial charge in [-0.1, -0.05) is 6.07 Å². The first-order valence-corrected chi connectivity index (χ1v) is 11.5. The second-order valence-electron chi connectivity index (χ2n) is 8.79. The molecule has 0 bridgehead atoms. The number of halogens is 6. The van der Waals surface area contributed by atoms with Crippen LogP contribution in [0.3, 0.4) is 0 Å². The summed E-state index contributed by atoms with van der Waals surface area (Å²) in [5.74, 6) is -4.74. The SMILES string of the molecule is CN(c1ncccn1)C1COC2(CCCN(Cc3cccnc3)C2)C1.O=C(O)C(F)(F)F.O=C(O)C(F)(F)F. The van der Waals surface area contributed by atoms with E-state index < -0.39 is 24.3 Å². The topological polar surface area (TPSA) is 129 Å². The van der Waals surface area contributed by atoms with Crippen LogP contribution in [0.15, 0.2) is 43.0 Å². The van der Waals surface area contributed by atoms with Gasteiger partial charge in [0.15, 0.2) is 0 Å². The van der Waals surface area contributed by atoms with Crippen LogP contribution in [-0.2, 0) is 20.9 Å². The Morgan fingerprint density at radius 2 is 1.67 bits per heavy atom. The van der Waals surface area contributed by atoms with E-state index in [1.165, 1.54) is 12.0 Å². The molecule has 0 saturated carbocycles. The van der Waals surface area contributed by atoms with Gasteiger partial charge in [-0.2, -0.15) is 26.3 Å². The number of piperidine rings is 1. The lowest BCUT2D eigenvalue weighted by molar-refractivity contribution is -0.193. The monoisotopic (exact) mass is 567 g/mol. The normalized spacial score (nSPS) is 21.3. The number of alkyl halides is 6. The molecule has 216 valence electrons. The molecule has 0 aliphatic carbocycles. The molecular weight excluding hydrogens is 540 g/mol. The van der Waals surface area contributed by atoms with Crippen LogP contribution >= 0.6 is 0 Å². The summed E-state index contributed by atoms with van der Waals surface area (Å²) in [6, 6.07) is 6.33. The zero-order valence-corrected chi connectivity index (χ0v) is 20.7. The van der Waals surface area contributed by atoms with Crippen LogP contribution in [0.1, 0.15) is 24.8 Å². The molecule has 2 aromatic heterocycles. The van der Waals surface area contributed by atoms with Crippen LogP contribution in [0.4, 0.5) is 32.3 Å². The summed E-state index contributed by atoms with van der Waals surface area (Å²) in [6.07, 6.45) is 0.551. The minimum absolute atomic E-state index is 0.0336. The van der Waals surface area contributed by atoms with Crippen molar-refractivity contribution in [2.24, 2.45) is 0 Å². The maximum atomic E-state index is 10.6. The molecule has 4 heterocycles. The van der Waals surface area contributed by atoms with Gasteiger partial charge in [0, 0.05) is 51.3 Å². The molecule has 2 unspecified atom stereocenters. The molecule has 2 fully saturated rings. The minimum atomic E-state index is -5.08. The number of hydrogen-bond acceptors (Lipinski definition) is 8. The van der Waals surface area contributed by atoms with E-state index in [9.17, 15) is 26.3 Å².